The molecule has 290 valence electrons. The van der Waals surface area contributed by atoms with E-state index < -0.39 is 0 Å². The maximum absolute atomic E-state index is 7.20. The number of anilines is 6. The second-order valence-electron chi connectivity index (χ2n) is 15.6. The zero-order chi connectivity index (χ0) is 40.5. The van der Waals surface area contributed by atoms with Crippen molar-refractivity contribution in [2.75, 3.05) is 9.80 Å². The standard InChI is InChI=1S/C58H42N2O/c1-5-15-41(16-6-1)43-27-29-44(30-28-43)46-33-37-51(38-34-46)59(50-35-31-45(32-36-50)42-17-7-2-8-18-42)52-39-47-19-13-24-53-54-25-14-26-55(58(54)61-56(40-52)57(47)53)60(48-20-9-3-10-21-48)49-22-11-4-12-23-49/h1,3-7,9-40H,2,8H2. The van der Waals surface area contributed by atoms with Crippen LogP contribution in [0.3, 0.4) is 0 Å². The van der Waals surface area contributed by atoms with Crippen LogP contribution in [-0.2, 0) is 0 Å². The normalized spacial score (nSPS) is 12.6. The van der Waals surface area contributed by atoms with Crippen LogP contribution in [0.1, 0.15) is 18.4 Å². The number of fused-ring (bicyclic) bond motifs is 2. The van der Waals surface area contributed by atoms with Gasteiger partial charge in [0.25, 0.3) is 0 Å². The Morgan fingerprint density at radius 1 is 0.377 bits per heavy atom. The summed E-state index contributed by atoms with van der Waals surface area (Å²) < 4.78 is 7.20. The molecule has 0 spiro atoms. The molecule has 3 heteroatoms. The van der Waals surface area contributed by atoms with E-state index in [2.05, 4.69) is 240 Å². The van der Waals surface area contributed by atoms with Gasteiger partial charge in [0.05, 0.1) is 11.4 Å². The summed E-state index contributed by atoms with van der Waals surface area (Å²) in [5.41, 5.74) is 15.8. The van der Waals surface area contributed by atoms with Crippen LogP contribution in [0.2, 0.25) is 0 Å². The van der Waals surface area contributed by atoms with Gasteiger partial charge in [-0.2, -0.15) is 0 Å². The second-order valence-corrected chi connectivity index (χ2v) is 15.6. The van der Waals surface area contributed by atoms with Crippen molar-refractivity contribution in [1.82, 2.24) is 0 Å². The third-order valence-corrected chi connectivity index (χ3v) is 11.9. The van der Waals surface area contributed by atoms with Gasteiger partial charge in [0.15, 0.2) is 5.75 Å². The van der Waals surface area contributed by atoms with Crippen molar-refractivity contribution in [1.29, 1.82) is 0 Å². The quantitative estimate of drug-likeness (QED) is 0.145. The molecule has 0 radical (unpaired) electrons. The summed E-state index contributed by atoms with van der Waals surface area (Å²) in [6.45, 7) is 0. The molecule has 1 heterocycles. The topological polar surface area (TPSA) is 15.7 Å². The monoisotopic (exact) mass is 782 g/mol. The number of nitrogens with zero attached hydrogens (tertiary/aromatic N) is 2. The van der Waals surface area contributed by atoms with Gasteiger partial charge in [-0.25, -0.2) is 0 Å². The zero-order valence-corrected chi connectivity index (χ0v) is 33.7. The summed E-state index contributed by atoms with van der Waals surface area (Å²) in [5.74, 6) is 1.66. The van der Waals surface area contributed by atoms with E-state index in [4.69, 9.17) is 4.74 Å². The highest BCUT2D eigenvalue weighted by Gasteiger charge is 2.28. The van der Waals surface area contributed by atoms with Gasteiger partial charge in [0.2, 0.25) is 0 Å². The maximum Gasteiger partial charge on any atom is 0.159 e. The average Bonchev–Trinajstić information content (AvgIpc) is 3.34. The molecule has 0 bridgehead atoms. The van der Waals surface area contributed by atoms with E-state index in [-0.39, 0.29) is 0 Å². The molecule has 61 heavy (non-hydrogen) atoms. The van der Waals surface area contributed by atoms with Gasteiger partial charge in [0.1, 0.15) is 5.75 Å². The van der Waals surface area contributed by atoms with Crippen molar-refractivity contribution >= 4 is 50.5 Å². The zero-order valence-electron chi connectivity index (χ0n) is 33.7. The van der Waals surface area contributed by atoms with E-state index in [0.29, 0.717) is 0 Å². The summed E-state index contributed by atoms with van der Waals surface area (Å²) in [7, 11) is 0. The lowest BCUT2D eigenvalue weighted by molar-refractivity contribution is 0.488. The van der Waals surface area contributed by atoms with Gasteiger partial charge in [0, 0.05) is 39.8 Å². The molecule has 1 aliphatic carbocycles. The Balaban J connectivity index is 1.02. The predicted octanol–water partition coefficient (Wildman–Crippen LogP) is 16.6. The van der Waals surface area contributed by atoms with Crippen LogP contribution < -0.4 is 14.5 Å². The van der Waals surface area contributed by atoms with Crippen molar-refractivity contribution in [3.63, 3.8) is 0 Å². The Hall–Kier alpha value is -7.88. The fourth-order valence-electron chi connectivity index (χ4n) is 8.88. The Morgan fingerprint density at radius 2 is 0.902 bits per heavy atom. The van der Waals surface area contributed by atoms with Crippen LogP contribution in [0, 0.1) is 0 Å². The number of allylic oxidation sites excluding steroid dienone is 4. The number of ether oxygens (including phenoxy) is 1. The molecule has 0 amide bonds. The van der Waals surface area contributed by atoms with Crippen molar-refractivity contribution in [2.24, 2.45) is 0 Å². The molecule has 2 aliphatic rings. The number of hydrogen-bond acceptors (Lipinski definition) is 3. The van der Waals surface area contributed by atoms with Crippen LogP contribution in [0.25, 0.3) is 49.7 Å². The van der Waals surface area contributed by atoms with Gasteiger partial charge < -0.3 is 14.5 Å². The molecule has 9 aromatic rings. The number of para-hydroxylation sites is 3. The third kappa shape index (κ3) is 6.86. The third-order valence-electron chi connectivity index (χ3n) is 11.9. The lowest BCUT2D eigenvalue weighted by Gasteiger charge is -2.32. The molecule has 9 aromatic carbocycles. The summed E-state index contributed by atoms with van der Waals surface area (Å²) >= 11 is 0. The van der Waals surface area contributed by atoms with E-state index in [1.165, 1.54) is 33.4 Å². The van der Waals surface area contributed by atoms with Crippen molar-refractivity contribution < 1.29 is 4.74 Å². The molecule has 0 saturated carbocycles. The minimum Gasteiger partial charge on any atom is -0.454 e. The molecule has 11 rings (SSSR count). The second kappa shape index (κ2) is 15.7. The number of rotatable bonds is 9. The van der Waals surface area contributed by atoms with Gasteiger partial charge in [-0.1, -0.05) is 164 Å². The lowest BCUT2D eigenvalue weighted by atomic mass is 9.93. The van der Waals surface area contributed by atoms with Gasteiger partial charge >= 0.3 is 0 Å². The summed E-state index contributed by atoms with van der Waals surface area (Å²) in [6.07, 6.45) is 9.02. The Labute approximate surface area is 357 Å². The van der Waals surface area contributed by atoms with E-state index in [0.717, 1.165) is 80.4 Å². The Morgan fingerprint density at radius 3 is 1.51 bits per heavy atom. The maximum atomic E-state index is 7.20. The highest BCUT2D eigenvalue weighted by Crippen LogP contribution is 2.54. The minimum atomic E-state index is 0.832. The van der Waals surface area contributed by atoms with Crippen LogP contribution in [0.4, 0.5) is 34.1 Å². The SMILES string of the molecule is C1=CC(c2ccc(N(c3ccc(-c4ccc(-c5ccccc5)cc4)cc3)c3cc4c5c(cccc5c3)-c3cccc(N(c5ccccc5)c5ccccc5)c3O4)cc2)=CCC1. The molecule has 0 saturated heterocycles. The van der Waals surface area contributed by atoms with Crippen molar-refractivity contribution in [3.8, 4) is 44.9 Å². The van der Waals surface area contributed by atoms with Crippen LogP contribution in [-0.4, -0.2) is 0 Å². The first-order valence-electron chi connectivity index (χ1n) is 21.1. The molecule has 0 unspecified atom stereocenters. The van der Waals surface area contributed by atoms with E-state index in [9.17, 15) is 0 Å². The molecule has 0 aromatic heterocycles. The first-order chi connectivity index (χ1) is 30.2. The number of benzene rings is 9. The average molecular weight is 783 g/mol. The van der Waals surface area contributed by atoms with Crippen LogP contribution in [0.5, 0.6) is 11.5 Å². The predicted molar refractivity (Wildman–Crippen MR) is 256 cm³/mol. The van der Waals surface area contributed by atoms with Crippen LogP contribution >= 0.6 is 0 Å². The fourth-order valence-corrected chi connectivity index (χ4v) is 8.88. The molecular formula is C58H42N2O. The van der Waals surface area contributed by atoms with E-state index in [1.807, 2.05) is 0 Å². The van der Waals surface area contributed by atoms with Crippen LogP contribution in [0.15, 0.2) is 231 Å². The largest absolute Gasteiger partial charge is 0.454 e. The van der Waals surface area contributed by atoms with Gasteiger partial charge in [-0.05, 0) is 118 Å². The molecule has 0 N–H and O–H groups in total. The highest BCUT2D eigenvalue weighted by atomic mass is 16.5. The first kappa shape index (κ1) is 36.2. The minimum absolute atomic E-state index is 0.832. The van der Waals surface area contributed by atoms with Crippen molar-refractivity contribution in [2.45, 2.75) is 12.8 Å². The van der Waals surface area contributed by atoms with Crippen molar-refractivity contribution in [3.05, 3.63) is 236 Å². The summed E-state index contributed by atoms with van der Waals surface area (Å²) in [4.78, 5) is 4.64. The Bertz CT molecular complexity index is 3020. The number of hydrogen-bond donors (Lipinski definition) is 0. The summed E-state index contributed by atoms with van der Waals surface area (Å²) in [5, 5.41) is 2.24. The molecule has 1 aliphatic heterocycles. The Kier molecular flexibility index (Phi) is 9.33. The van der Waals surface area contributed by atoms with Gasteiger partial charge in [-0.3, -0.25) is 0 Å². The van der Waals surface area contributed by atoms with E-state index in [1.54, 1.807) is 0 Å². The fraction of sp³-hybridized carbons (Fsp3) is 0.0345. The molecular weight excluding hydrogens is 741 g/mol. The molecule has 3 nitrogen and oxygen atoms in total. The van der Waals surface area contributed by atoms with E-state index >= 15 is 0 Å². The van der Waals surface area contributed by atoms with Gasteiger partial charge in [-0.15, -0.1) is 0 Å². The lowest BCUT2D eigenvalue weighted by Crippen LogP contribution is -2.13. The molecule has 0 fully saturated rings. The summed E-state index contributed by atoms with van der Waals surface area (Å²) in [6, 6.07) is 76.0. The highest BCUT2D eigenvalue weighted by molar-refractivity contribution is 6.07. The molecule has 0 atom stereocenters. The smallest absolute Gasteiger partial charge is 0.159 e. The first-order valence-corrected chi connectivity index (χ1v) is 21.1.